The second-order valence-electron chi connectivity index (χ2n) is 6.75. The Morgan fingerprint density at radius 3 is 2.42 bits per heavy atom. The van der Waals surface area contributed by atoms with Crippen molar-refractivity contribution in [3.8, 4) is 0 Å². The average molecular weight is 363 g/mol. The lowest BCUT2D eigenvalue weighted by Gasteiger charge is -2.32. The third-order valence-electron chi connectivity index (χ3n) is 4.34. The minimum absolute atomic E-state index is 0.0199. The van der Waals surface area contributed by atoms with E-state index in [4.69, 9.17) is 4.74 Å². The Morgan fingerprint density at radius 1 is 1.23 bits per heavy atom. The van der Waals surface area contributed by atoms with Crippen molar-refractivity contribution in [1.29, 1.82) is 0 Å². The van der Waals surface area contributed by atoms with Crippen LogP contribution in [0.15, 0.2) is 24.3 Å². The first-order valence-corrected chi connectivity index (χ1v) is 8.78. The molecule has 0 radical (unpaired) electrons. The Morgan fingerprint density at radius 2 is 1.85 bits per heavy atom. The molecule has 1 heterocycles. The number of anilines is 1. The molecule has 0 aromatic heterocycles. The van der Waals surface area contributed by atoms with Crippen molar-refractivity contribution >= 4 is 23.3 Å². The number of carbonyl (C=O) groups is 2. The molecular formula is C18H25N3O5. The number of esters is 1. The SMILES string of the molecule is CC(C)NC(=O)C(C)OC(=O)C1CCN(c2ccccc2[N+](=O)[O-])CC1. The highest BCUT2D eigenvalue weighted by atomic mass is 16.6. The van der Waals surface area contributed by atoms with Gasteiger partial charge in [0.15, 0.2) is 6.10 Å². The highest BCUT2D eigenvalue weighted by Crippen LogP contribution is 2.31. The number of nitrogens with one attached hydrogen (secondary N) is 1. The third kappa shape index (κ3) is 4.93. The Balaban J connectivity index is 1.91. The molecule has 1 aromatic carbocycles. The van der Waals surface area contributed by atoms with Crippen molar-refractivity contribution in [3.63, 3.8) is 0 Å². The van der Waals surface area contributed by atoms with E-state index >= 15 is 0 Å². The van der Waals surface area contributed by atoms with Crippen LogP contribution < -0.4 is 10.2 Å². The molecule has 2 rings (SSSR count). The first-order valence-electron chi connectivity index (χ1n) is 8.78. The maximum atomic E-state index is 12.3. The zero-order chi connectivity index (χ0) is 19.3. The van der Waals surface area contributed by atoms with Gasteiger partial charge in [0.05, 0.1) is 10.8 Å². The normalized spacial score (nSPS) is 16.2. The zero-order valence-electron chi connectivity index (χ0n) is 15.3. The van der Waals surface area contributed by atoms with Gasteiger partial charge in [0.2, 0.25) is 0 Å². The molecule has 1 saturated heterocycles. The highest BCUT2D eigenvalue weighted by molar-refractivity contribution is 5.84. The van der Waals surface area contributed by atoms with E-state index in [-0.39, 0.29) is 23.6 Å². The number of nitro groups is 1. The zero-order valence-corrected chi connectivity index (χ0v) is 15.3. The summed E-state index contributed by atoms with van der Waals surface area (Å²) in [6.07, 6.45) is 0.227. The number of amides is 1. The number of ether oxygens (including phenoxy) is 1. The summed E-state index contributed by atoms with van der Waals surface area (Å²) in [5.74, 6) is -1.01. The molecule has 8 heteroatoms. The van der Waals surface area contributed by atoms with Gasteiger partial charge in [0.25, 0.3) is 11.6 Å². The van der Waals surface area contributed by atoms with E-state index in [1.165, 1.54) is 6.07 Å². The topological polar surface area (TPSA) is 102 Å². The van der Waals surface area contributed by atoms with Crippen LogP contribution in [0.4, 0.5) is 11.4 Å². The second-order valence-corrected chi connectivity index (χ2v) is 6.75. The van der Waals surface area contributed by atoms with Crippen LogP contribution in [0.1, 0.15) is 33.6 Å². The van der Waals surface area contributed by atoms with E-state index in [0.717, 1.165) is 0 Å². The number of piperidine rings is 1. The summed E-state index contributed by atoms with van der Waals surface area (Å²) in [6.45, 7) is 6.28. The van der Waals surface area contributed by atoms with Gasteiger partial charge >= 0.3 is 5.97 Å². The molecule has 1 fully saturated rings. The average Bonchev–Trinajstić information content (AvgIpc) is 2.61. The van der Waals surface area contributed by atoms with Gasteiger partial charge in [0.1, 0.15) is 5.69 Å². The van der Waals surface area contributed by atoms with Gasteiger partial charge in [-0.3, -0.25) is 19.7 Å². The monoisotopic (exact) mass is 363 g/mol. The number of nitrogens with zero attached hydrogens (tertiary/aromatic N) is 2. The van der Waals surface area contributed by atoms with E-state index in [0.29, 0.717) is 31.6 Å². The van der Waals surface area contributed by atoms with E-state index < -0.39 is 17.0 Å². The fourth-order valence-electron chi connectivity index (χ4n) is 2.97. The number of rotatable bonds is 6. The van der Waals surface area contributed by atoms with Crippen molar-refractivity contribution in [2.45, 2.75) is 45.8 Å². The third-order valence-corrected chi connectivity index (χ3v) is 4.34. The molecule has 1 atom stereocenters. The summed E-state index contributed by atoms with van der Waals surface area (Å²) in [4.78, 5) is 36.8. The molecule has 1 N–H and O–H groups in total. The molecule has 1 aliphatic rings. The molecule has 0 saturated carbocycles. The van der Waals surface area contributed by atoms with Gasteiger partial charge in [-0.05, 0) is 39.7 Å². The van der Waals surface area contributed by atoms with E-state index in [9.17, 15) is 19.7 Å². The highest BCUT2D eigenvalue weighted by Gasteiger charge is 2.30. The molecule has 8 nitrogen and oxygen atoms in total. The lowest BCUT2D eigenvalue weighted by Crippen LogP contribution is -2.42. The van der Waals surface area contributed by atoms with Gasteiger partial charge < -0.3 is 15.0 Å². The number of para-hydroxylation sites is 2. The fourth-order valence-corrected chi connectivity index (χ4v) is 2.97. The minimum atomic E-state index is -0.835. The molecular weight excluding hydrogens is 338 g/mol. The molecule has 1 aromatic rings. The molecule has 26 heavy (non-hydrogen) atoms. The summed E-state index contributed by atoms with van der Waals surface area (Å²) in [6, 6.07) is 6.57. The second kappa shape index (κ2) is 8.64. The maximum absolute atomic E-state index is 12.3. The minimum Gasteiger partial charge on any atom is -0.452 e. The van der Waals surface area contributed by atoms with Crippen LogP contribution in [0, 0.1) is 16.0 Å². The van der Waals surface area contributed by atoms with Crippen molar-refractivity contribution in [2.75, 3.05) is 18.0 Å². The fraction of sp³-hybridized carbons (Fsp3) is 0.556. The van der Waals surface area contributed by atoms with Gasteiger partial charge in [-0.25, -0.2) is 0 Å². The van der Waals surface area contributed by atoms with E-state index in [1.54, 1.807) is 25.1 Å². The van der Waals surface area contributed by atoms with Gasteiger partial charge in [-0.15, -0.1) is 0 Å². The lowest BCUT2D eigenvalue weighted by molar-refractivity contribution is -0.384. The first-order chi connectivity index (χ1) is 12.3. The predicted molar refractivity (Wildman–Crippen MR) is 96.9 cm³/mol. The largest absolute Gasteiger partial charge is 0.452 e. The van der Waals surface area contributed by atoms with E-state index in [1.807, 2.05) is 18.7 Å². The Bertz CT molecular complexity index is 669. The van der Waals surface area contributed by atoms with Gasteiger partial charge in [0, 0.05) is 25.2 Å². The van der Waals surface area contributed by atoms with Crippen LogP contribution in [0.25, 0.3) is 0 Å². The quantitative estimate of drug-likeness (QED) is 0.473. The number of benzene rings is 1. The summed E-state index contributed by atoms with van der Waals surface area (Å²) in [5.41, 5.74) is 0.626. The molecule has 142 valence electrons. The van der Waals surface area contributed by atoms with Crippen LogP contribution in [-0.2, 0) is 14.3 Å². The van der Waals surface area contributed by atoms with Crippen molar-refractivity contribution < 1.29 is 19.2 Å². The molecule has 1 amide bonds. The molecule has 1 unspecified atom stereocenters. The standard InChI is InChI=1S/C18H25N3O5/c1-12(2)19-17(22)13(3)26-18(23)14-8-10-20(11-9-14)15-6-4-5-7-16(15)21(24)25/h4-7,12-14H,8-11H2,1-3H3,(H,19,22). The van der Waals surface area contributed by atoms with Crippen LogP contribution in [0.5, 0.6) is 0 Å². The van der Waals surface area contributed by atoms with Crippen LogP contribution in [-0.4, -0.2) is 42.0 Å². The number of carbonyl (C=O) groups excluding carboxylic acids is 2. The summed E-state index contributed by atoms with van der Waals surface area (Å²) in [5, 5.41) is 13.9. The Kier molecular flexibility index (Phi) is 6.54. The Labute approximate surface area is 152 Å². The maximum Gasteiger partial charge on any atom is 0.309 e. The molecule has 1 aliphatic heterocycles. The summed E-state index contributed by atoms with van der Waals surface area (Å²) < 4.78 is 5.28. The van der Waals surface area contributed by atoms with Crippen LogP contribution in [0.2, 0.25) is 0 Å². The predicted octanol–water partition coefficient (Wildman–Crippen LogP) is 2.27. The summed E-state index contributed by atoms with van der Waals surface area (Å²) in [7, 11) is 0. The van der Waals surface area contributed by atoms with Crippen molar-refractivity contribution in [1.82, 2.24) is 5.32 Å². The smallest absolute Gasteiger partial charge is 0.309 e. The molecule has 0 spiro atoms. The Hall–Kier alpha value is -2.64. The number of hydrogen-bond donors (Lipinski definition) is 1. The molecule has 0 bridgehead atoms. The van der Waals surface area contributed by atoms with Gasteiger partial charge in [-0.2, -0.15) is 0 Å². The van der Waals surface area contributed by atoms with Gasteiger partial charge in [-0.1, -0.05) is 12.1 Å². The summed E-state index contributed by atoms with van der Waals surface area (Å²) >= 11 is 0. The number of hydrogen-bond acceptors (Lipinski definition) is 6. The molecule has 0 aliphatic carbocycles. The van der Waals surface area contributed by atoms with Crippen LogP contribution >= 0.6 is 0 Å². The first kappa shape index (κ1) is 19.7. The lowest BCUT2D eigenvalue weighted by atomic mass is 9.96. The van der Waals surface area contributed by atoms with Crippen LogP contribution in [0.3, 0.4) is 0 Å². The van der Waals surface area contributed by atoms with Crippen molar-refractivity contribution in [3.05, 3.63) is 34.4 Å². The van der Waals surface area contributed by atoms with Crippen molar-refractivity contribution in [2.24, 2.45) is 5.92 Å². The number of nitro benzene ring substituents is 1. The van der Waals surface area contributed by atoms with E-state index in [2.05, 4.69) is 5.32 Å².